The van der Waals surface area contributed by atoms with Gasteiger partial charge >= 0.3 is 0 Å². The van der Waals surface area contributed by atoms with E-state index >= 15 is 0 Å². The van der Waals surface area contributed by atoms with Gasteiger partial charge in [-0.15, -0.1) is 22.7 Å². The second-order valence-corrected chi connectivity index (χ2v) is 7.04. The van der Waals surface area contributed by atoms with Gasteiger partial charge in [-0.25, -0.2) is 4.39 Å². The number of hydrogen-bond acceptors (Lipinski definition) is 3. The Morgan fingerprint density at radius 2 is 2.19 bits per heavy atom. The standard InChI is InChI=1S/C16H14FNOS2/c1-10(8-11-4-3-7-20-11)18-16(19)15-9-12-13(17)5-2-6-14(12)21-15/h2-7,9-10H,8H2,1H3,(H,18,19). The summed E-state index contributed by atoms with van der Waals surface area (Å²) in [5, 5.41) is 5.51. The van der Waals surface area contributed by atoms with Crippen LogP contribution in [0.3, 0.4) is 0 Å². The molecule has 3 aromatic rings. The molecule has 1 amide bonds. The molecule has 1 unspecified atom stereocenters. The Balaban J connectivity index is 1.73. The molecule has 0 saturated carbocycles. The fraction of sp³-hybridized carbons (Fsp3) is 0.188. The molecule has 5 heteroatoms. The van der Waals surface area contributed by atoms with Crippen LogP contribution < -0.4 is 5.32 Å². The van der Waals surface area contributed by atoms with E-state index in [-0.39, 0.29) is 17.8 Å². The largest absolute Gasteiger partial charge is 0.349 e. The van der Waals surface area contributed by atoms with Gasteiger partial charge < -0.3 is 5.32 Å². The van der Waals surface area contributed by atoms with Gasteiger partial charge in [0.2, 0.25) is 0 Å². The number of amides is 1. The zero-order valence-electron chi connectivity index (χ0n) is 11.4. The number of thiophene rings is 2. The number of carbonyl (C=O) groups excluding carboxylic acids is 1. The van der Waals surface area contributed by atoms with Crippen molar-refractivity contribution in [1.82, 2.24) is 5.32 Å². The van der Waals surface area contributed by atoms with Crippen molar-refractivity contribution in [3.8, 4) is 0 Å². The number of fused-ring (bicyclic) bond motifs is 1. The van der Waals surface area contributed by atoms with Crippen LogP contribution in [0.4, 0.5) is 4.39 Å². The maximum absolute atomic E-state index is 13.7. The molecule has 21 heavy (non-hydrogen) atoms. The summed E-state index contributed by atoms with van der Waals surface area (Å²) in [5.41, 5.74) is 0. The molecule has 0 spiro atoms. The normalized spacial score (nSPS) is 12.5. The van der Waals surface area contributed by atoms with E-state index < -0.39 is 0 Å². The third-order valence-corrected chi connectivity index (χ3v) is 5.19. The summed E-state index contributed by atoms with van der Waals surface area (Å²) in [5.74, 6) is -0.422. The highest BCUT2D eigenvalue weighted by molar-refractivity contribution is 7.20. The van der Waals surface area contributed by atoms with Crippen molar-refractivity contribution in [3.05, 3.63) is 57.3 Å². The Morgan fingerprint density at radius 3 is 2.90 bits per heavy atom. The van der Waals surface area contributed by atoms with E-state index in [1.165, 1.54) is 22.3 Å². The number of carbonyl (C=O) groups is 1. The van der Waals surface area contributed by atoms with Crippen molar-refractivity contribution >= 4 is 38.7 Å². The minimum Gasteiger partial charge on any atom is -0.349 e. The average Bonchev–Trinajstić information content (AvgIpc) is 3.07. The Kier molecular flexibility index (Phi) is 4.03. The van der Waals surface area contributed by atoms with Gasteiger partial charge in [0, 0.05) is 27.4 Å². The molecule has 0 radical (unpaired) electrons. The monoisotopic (exact) mass is 319 g/mol. The molecule has 0 bridgehead atoms. The van der Waals surface area contributed by atoms with Gasteiger partial charge in [-0.2, -0.15) is 0 Å². The predicted molar refractivity (Wildman–Crippen MR) is 86.7 cm³/mol. The van der Waals surface area contributed by atoms with Gasteiger partial charge in [-0.1, -0.05) is 12.1 Å². The average molecular weight is 319 g/mol. The highest BCUT2D eigenvalue weighted by atomic mass is 32.1. The fourth-order valence-corrected chi connectivity index (χ4v) is 4.03. The Morgan fingerprint density at radius 1 is 1.33 bits per heavy atom. The van der Waals surface area contributed by atoms with E-state index in [4.69, 9.17) is 0 Å². The van der Waals surface area contributed by atoms with E-state index in [1.807, 2.05) is 24.4 Å². The number of halogens is 1. The van der Waals surface area contributed by atoms with Crippen molar-refractivity contribution in [3.63, 3.8) is 0 Å². The third-order valence-electron chi connectivity index (χ3n) is 3.20. The molecule has 0 aliphatic rings. The molecular weight excluding hydrogens is 305 g/mol. The Bertz CT molecular complexity index is 764. The lowest BCUT2D eigenvalue weighted by Crippen LogP contribution is -2.33. The van der Waals surface area contributed by atoms with Crippen molar-refractivity contribution in [1.29, 1.82) is 0 Å². The molecule has 0 aliphatic heterocycles. The predicted octanol–water partition coefficient (Wildman–Crippen LogP) is 4.46. The van der Waals surface area contributed by atoms with Crippen LogP contribution in [0.2, 0.25) is 0 Å². The second-order valence-electron chi connectivity index (χ2n) is 4.92. The lowest BCUT2D eigenvalue weighted by molar-refractivity contribution is 0.0944. The van der Waals surface area contributed by atoms with Crippen LogP contribution in [0.1, 0.15) is 21.5 Å². The first kappa shape index (κ1) is 14.2. The van der Waals surface area contributed by atoms with Crippen molar-refractivity contribution in [2.75, 3.05) is 0 Å². The van der Waals surface area contributed by atoms with Gasteiger partial charge in [0.1, 0.15) is 5.82 Å². The Hall–Kier alpha value is -1.72. The zero-order valence-corrected chi connectivity index (χ0v) is 13.1. The maximum Gasteiger partial charge on any atom is 0.261 e. The van der Waals surface area contributed by atoms with E-state index in [9.17, 15) is 9.18 Å². The van der Waals surface area contributed by atoms with Crippen LogP contribution in [-0.4, -0.2) is 11.9 Å². The van der Waals surface area contributed by atoms with Crippen LogP contribution in [-0.2, 0) is 6.42 Å². The van der Waals surface area contributed by atoms with Gasteiger partial charge in [0.05, 0.1) is 4.88 Å². The van der Waals surface area contributed by atoms with Gasteiger partial charge in [-0.3, -0.25) is 4.79 Å². The van der Waals surface area contributed by atoms with Crippen LogP contribution >= 0.6 is 22.7 Å². The quantitative estimate of drug-likeness (QED) is 0.755. The van der Waals surface area contributed by atoms with Crippen molar-refractivity contribution in [2.24, 2.45) is 0 Å². The number of hydrogen-bond donors (Lipinski definition) is 1. The van der Waals surface area contributed by atoms with Gasteiger partial charge in [-0.05, 0) is 36.6 Å². The molecule has 0 aliphatic carbocycles. The third kappa shape index (κ3) is 3.14. The summed E-state index contributed by atoms with van der Waals surface area (Å²) in [6, 6.07) is 10.6. The van der Waals surface area contributed by atoms with Crippen molar-refractivity contribution in [2.45, 2.75) is 19.4 Å². The molecule has 3 rings (SSSR count). The number of benzene rings is 1. The smallest absolute Gasteiger partial charge is 0.261 e. The zero-order chi connectivity index (χ0) is 14.8. The number of nitrogens with one attached hydrogen (secondary N) is 1. The summed E-state index contributed by atoms with van der Waals surface area (Å²) in [6.07, 6.45) is 0.808. The van der Waals surface area contributed by atoms with Gasteiger partial charge in [0.15, 0.2) is 0 Å². The molecular formula is C16H14FNOS2. The lowest BCUT2D eigenvalue weighted by atomic mass is 10.2. The first-order chi connectivity index (χ1) is 10.1. The highest BCUT2D eigenvalue weighted by Crippen LogP contribution is 2.27. The summed E-state index contributed by atoms with van der Waals surface area (Å²) >= 11 is 3.00. The minimum absolute atomic E-state index is 0.0474. The lowest BCUT2D eigenvalue weighted by Gasteiger charge is -2.11. The molecule has 1 atom stereocenters. The summed E-state index contributed by atoms with van der Waals surface area (Å²) in [4.78, 5) is 14.0. The van der Waals surface area contributed by atoms with Crippen LogP contribution in [0.5, 0.6) is 0 Å². The van der Waals surface area contributed by atoms with E-state index in [1.54, 1.807) is 23.5 Å². The minimum atomic E-state index is -0.283. The molecule has 1 N–H and O–H groups in total. The number of rotatable bonds is 4. The summed E-state index contributed by atoms with van der Waals surface area (Å²) < 4.78 is 14.5. The van der Waals surface area contributed by atoms with Crippen LogP contribution in [0, 0.1) is 5.82 Å². The van der Waals surface area contributed by atoms with Crippen LogP contribution in [0.15, 0.2) is 41.8 Å². The fourth-order valence-electron chi connectivity index (χ4n) is 2.21. The van der Waals surface area contributed by atoms with E-state index in [0.717, 1.165) is 11.1 Å². The van der Waals surface area contributed by atoms with Crippen LogP contribution in [0.25, 0.3) is 10.1 Å². The second kappa shape index (κ2) is 5.95. The van der Waals surface area contributed by atoms with E-state index in [0.29, 0.717) is 10.3 Å². The molecule has 0 saturated heterocycles. The van der Waals surface area contributed by atoms with Gasteiger partial charge in [0.25, 0.3) is 5.91 Å². The molecule has 0 fully saturated rings. The SMILES string of the molecule is CC(Cc1cccs1)NC(=O)c1cc2c(F)cccc2s1. The van der Waals surface area contributed by atoms with Crippen molar-refractivity contribution < 1.29 is 9.18 Å². The highest BCUT2D eigenvalue weighted by Gasteiger charge is 2.15. The van der Waals surface area contributed by atoms with E-state index in [2.05, 4.69) is 11.4 Å². The molecule has 108 valence electrons. The molecule has 2 aromatic heterocycles. The Labute approximate surface area is 130 Å². The summed E-state index contributed by atoms with van der Waals surface area (Å²) in [6.45, 7) is 1.98. The summed E-state index contributed by atoms with van der Waals surface area (Å²) in [7, 11) is 0. The molecule has 1 aromatic carbocycles. The molecule has 2 nitrogen and oxygen atoms in total. The first-order valence-corrected chi connectivity index (χ1v) is 8.34. The molecule has 2 heterocycles. The topological polar surface area (TPSA) is 29.1 Å². The maximum atomic E-state index is 13.7. The first-order valence-electron chi connectivity index (χ1n) is 6.65.